The van der Waals surface area contributed by atoms with Crippen LogP contribution in [0.3, 0.4) is 0 Å². The Kier molecular flexibility index (Phi) is 3.01. The van der Waals surface area contributed by atoms with E-state index in [0.717, 1.165) is 5.56 Å². The van der Waals surface area contributed by atoms with Crippen LogP contribution in [-0.2, 0) is 0 Å². The van der Waals surface area contributed by atoms with Gasteiger partial charge in [0, 0.05) is 6.20 Å². The largest absolute Gasteiger partial charge is 0.493 e. The molecule has 1 heterocycles. The van der Waals surface area contributed by atoms with E-state index in [1.807, 2.05) is 6.92 Å². The van der Waals surface area contributed by atoms with Crippen LogP contribution in [0.2, 0.25) is 0 Å². The molecule has 0 unspecified atom stereocenters. The molecule has 2 rings (SSSR count). The maximum Gasteiger partial charge on any atom is 0.299 e. The van der Waals surface area contributed by atoms with Crippen LogP contribution in [0.15, 0.2) is 18.3 Å². The first-order chi connectivity index (χ1) is 8.60. The summed E-state index contributed by atoms with van der Waals surface area (Å²) in [5.41, 5.74) is 1.06. The summed E-state index contributed by atoms with van der Waals surface area (Å²) in [6, 6.07) is 3.10. The highest BCUT2D eigenvalue weighted by molar-refractivity contribution is 5.96. The Hall–Kier alpha value is -2.37. The number of fused-ring (bicyclic) bond motifs is 1. The van der Waals surface area contributed by atoms with E-state index in [-0.39, 0.29) is 5.69 Å². The number of rotatable bonds is 3. The van der Waals surface area contributed by atoms with Crippen molar-refractivity contribution in [2.45, 2.75) is 6.92 Å². The lowest BCUT2D eigenvalue weighted by Crippen LogP contribution is -1.98. The van der Waals surface area contributed by atoms with Gasteiger partial charge in [-0.2, -0.15) is 0 Å². The number of nitro groups is 1. The molecule has 0 aliphatic carbocycles. The van der Waals surface area contributed by atoms with E-state index >= 15 is 0 Å². The molecule has 0 saturated heterocycles. The van der Waals surface area contributed by atoms with Gasteiger partial charge in [0.1, 0.15) is 0 Å². The molecule has 0 bridgehead atoms. The summed E-state index contributed by atoms with van der Waals surface area (Å²) >= 11 is 0. The van der Waals surface area contributed by atoms with Crippen LogP contribution in [0.4, 0.5) is 5.69 Å². The van der Waals surface area contributed by atoms with Gasteiger partial charge < -0.3 is 9.47 Å². The van der Waals surface area contributed by atoms with Crippen LogP contribution in [0.25, 0.3) is 10.9 Å². The molecule has 18 heavy (non-hydrogen) atoms. The van der Waals surface area contributed by atoms with Crippen molar-refractivity contribution in [1.29, 1.82) is 0 Å². The van der Waals surface area contributed by atoms with Crippen LogP contribution in [0.1, 0.15) is 5.56 Å². The molecule has 1 aromatic heterocycles. The van der Waals surface area contributed by atoms with Gasteiger partial charge in [-0.3, -0.25) is 10.1 Å². The second kappa shape index (κ2) is 4.48. The molecule has 1 aromatic carbocycles. The molecule has 0 atom stereocenters. The first kappa shape index (κ1) is 12.1. The van der Waals surface area contributed by atoms with Crippen molar-refractivity contribution in [3.63, 3.8) is 0 Å². The van der Waals surface area contributed by atoms with E-state index in [4.69, 9.17) is 9.47 Å². The third-order valence-electron chi connectivity index (χ3n) is 2.74. The molecular formula is C12H12N2O4. The summed E-state index contributed by atoms with van der Waals surface area (Å²) in [5, 5.41) is 11.7. The summed E-state index contributed by atoms with van der Waals surface area (Å²) in [6.45, 7) is 1.84. The molecule has 94 valence electrons. The Labute approximate surface area is 103 Å². The molecule has 0 N–H and O–H groups in total. The van der Waals surface area contributed by atoms with Gasteiger partial charge in [-0.1, -0.05) is 0 Å². The van der Waals surface area contributed by atoms with E-state index < -0.39 is 4.92 Å². The number of aromatic nitrogens is 1. The van der Waals surface area contributed by atoms with Crippen molar-refractivity contribution < 1.29 is 14.4 Å². The number of non-ortho nitro benzene ring substituents is 1. The Bertz CT molecular complexity index is 625. The topological polar surface area (TPSA) is 74.5 Å². The van der Waals surface area contributed by atoms with Crippen molar-refractivity contribution in [2.24, 2.45) is 0 Å². The molecule has 0 spiro atoms. The second-order valence-corrected chi connectivity index (χ2v) is 3.74. The number of methoxy groups -OCH3 is 2. The quantitative estimate of drug-likeness (QED) is 0.616. The second-order valence-electron chi connectivity index (χ2n) is 3.74. The van der Waals surface area contributed by atoms with Gasteiger partial charge in [0.25, 0.3) is 5.69 Å². The first-order valence-corrected chi connectivity index (χ1v) is 5.24. The van der Waals surface area contributed by atoms with Crippen molar-refractivity contribution in [2.75, 3.05) is 14.2 Å². The molecule has 0 aliphatic rings. The fourth-order valence-corrected chi connectivity index (χ4v) is 1.91. The number of pyridine rings is 1. The highest BCUT2D eigenvalue weighted by atomic mass is 16.6. The minimum atomic E-state index is -0.475. The van der Waals surface area contributed by atoms with E-state index in [9.17, 15) is 10.1 Å². The minimum absolute atomic E-state index is 0.0913. The third kappa shape index (κ3) is 1.71. The summed E-state index contributed by atoms with van der Waals surface area (Å²) in [5.74, 6) is 0.788. The third-order valence-corrected chi connectivity index (χ3v) is 2.74. The molecular weight excluding hydrogens is 236 g/mol. The first-order valence-electron chi connectivity index (χ1n) is 5.24. The Morgan fingerprint density at radius 3 is 2.61 bits per heavy atom. The average molecular weight is 248 g/mol. The molecule has 0 radical (unpaired) electrons. The molecule has 0 aliphatic heterocycles. The number of ether oxygens (including phenoxy) is 2. The number of hydrogen-bond donors (Lipinski definition) is 0. The molecule has 6 nitrogen and oxygen atoms in total. The average Bonchev–Trinajstić information content (AvgIpc) is 2.36. The van der Waals surface area contributed by atoms with Gasteiger partial charge >= 0.3 is 0 Å². The predicted molar refractivity (Wildman–Crippen MR) is 66.2 cm³/mol. The number of nitrogens with zero attached hydrogens (tertiary/aromatic N) is 2. The molecule has 0 saturated carbocycles. The highest BCUT2D eigenvalue weighted by Crippen LogP contribution is 2.41. The maximum atomic E-state index is 11.1. The molecule has 0 fully saturated rings. The van der Waals surface area contributed by atoms with Crippen LogP contribution in [0.5, 0.6) is 11.5 Å². The number of nitro benzene ring substituents is 1. The number of benzene rings is 1. The Balaban J connectivity index is 2.98. The van der Waals surface area contributed by atoms with E-state index in [1.165, 1.54) is 26.5 Å². The normalized spacial score (nSPS) is 10.4. The Morgan fingerprint density at radius 2 is 2.06 bits per heavy atom. The Morgan fingerprint density at radius 1 is 1.33 bits per heavy atom. The smallest absolute Gasteiger partial charge is 0.299 e. The summed E-state index contributed by atoms with van der Waals surface area (Å²) in [6.07, 6.45) is 1.54. The summed E-state index contributed by atoms with van der Waals surface area (Å²) in [7, 11) is 2.94. The summed E-state index contributed by atoms with van der Waals surface area (Å²) in [4.78, 5) is 14.7. The van der Waals surface area contributed by atoms with Gasteiger partial charge in [-0.15, -0.1) is 0 Å². The molecule has 6 heteroatoms. The standard InChI is InChI=1S/C12H12N2O4/c1-7-4-5-13-11-8(14(15)16)6-9(17-2)12(18-3)10(7)11/h4-6H,1-3H3. The van der Waals surface area contributed by atoms with Crippen molar-refractivity contribution in [3.8, 4) is 11.5 Å². The van der Waals surface area contributed by atoms with E-state index in [0.29, 0.717) is 22.4 Å². The SMILES string of the molecule is COc1cc([N+](=O)[O-])c2nccc(C)c2c1OC. The van der Waals surface area contributed by atoms with Crippen molar-refractivity contribution >= 4 is 16.6 Å². The van der Waals surface area contributed by atoms with Gasteiger partial charge in [-0.25, -0.2) is 4.98 Å². The van der Waals surface area contributed by atoms with Crippen LogP contribution in [0, 0.1) is 17.0 Å². The van der Waals surface area contributed by atoms with Crippen molar-refractivity contribution in [1.82, 2.24) is 4.98 Å². The zero-order chi connectivity index (χ0) is 13.3. The van der Waals surface area contributed by atoms with E-state index in [2.05, 4.69) is 4.98 Å². The van der Waals surface area contributed by atoms with Gasteiger partial charge in [0.15, 0.2) is 17.0 Å². The lowest BCUT2D eigenvalue weighted by atomic mass is 10.1. The highest BCUT2D eigenvalue weighted by Gasteiger charge is 2.22. The van der Waals surface area contributed by atoms with Gasteiger partial charge in [0.05, 0.1) is 30.6 Å². The summed E-state index contributed by atoms with van der Waals surface area (Å²) < 4.78 is 10.4. The molecule has 0 amide bonds. The maximum absolute atomic E-state index is 11.1. The zero-order valence-corrected chi connectivity index (χ0v) is 10.3. The predicted octanol–water partition coefficient (Wildman–Crippen LogP) is 2.47. The zero-order valence-electron chi connectivity index (χ0n) is 10.3. The van der Waals surface area contributed by atoms with E-state index in [1.54, 1.807) is 6.07 Å². The number of aryl methyl sites for hydroxylation is 1. The van der Waals surface area contributed by atoms with Crippen LogP contribution >= 0.6 is 0 Å². The van der Waals surface area contributed by atoms with Gasteiger partial charge in [-0.05, 0) is 18.6 Å². The van der Waals surface area contributed by atoms with Crippen molar-refractivity contribution in [3.05, 3.63) is 34.0 Å². The molecule has 2 aromatic rings. The van der Waals surface area contributed by atoms with Crippen LogP contribution in [-0.4, -0.2) is 24.1 Å². The fraction of sp³-hybridized carbons (Fsp3) is 0.250. The number of hydrogen-bond acceptors (Lipinski definition) is 5. The van der Waals surface area contributed by atoms with Gasteiger partial charge in [0.2, 0.25) is 0 Å². The lowest BCUT2D eigenvalue weighted by molar-refractivity contribution is -0.383. The monoisotopic (exact) mass is 248 g/mol. The fourth-order valence-electron chi connectivity index (χ4n) is 1.91. The van der Waals surface area contributed by atoms with Crippen LogP contribution < -0.4 is 9.47 Å². The minimum Gasteiger partial charge on any atom is -0.493 e. The lowest BCUT2D eigenvalue weighted by Gasteiger charge is -2.12.